The Hall–Kier alpha value is -2.43. The SMILES string of the molecule is CCNC(=O)c1ccc(NCc2ccco2)c(N)c1. The average Bonchev–Trinajstić information content (AvgIpc) is 2.90. The van der Waals surface area contributed by atoms with Gasteiger partial charge in [0, 0.05) is 12.1 Å². The fraction of sp³-hybridized carbons (Fsp3) is 0.214. The van der Waals surface area contributed by atoms with E-state index in [9.17, 15) is 4.79 Å². The van der Waals surface area contributed by atoms with Gasteiger partial charge < -0.3 is 20.8 Å². The Kier molecular flexibility index (Phi) is 4.07. The van der Waals surface area contributed by atoms with Crippen LogP contribution < -0.4 is 16.4 Å². The van der Waals surface area contributed by atoms with E-state index >= 15 is 0 Å². The molecule has 4 N–H and O–H groups in total. The highest BCUT2D eigenvalue weighted by atomic mass is 16.3. The molecule has 1 heterocycles. The van der Waals surface area contributed by atoms with Gasteiger partial charge in [-0.2, -0.15) is 0 Å². The van der Waals surface area contributed by atoms with E-state index in [-0.39, 0.29) is 5.91 Å². The number of rotatable bonds is 5. The zero-order chi connectivity index (χ0) is 13.7. The highest BCUT2D eigenvalue weighted by molar-refractivity contribution is 5.96. The van der Waals surface area contributed by atoms with Crippen molar-refractivity contribution < 1.29 is 9.21 Å². The van der Waals surface area contributed by atoms with Gasteiger partial charge >= 0.3 is 0 Å². The lowest BCUT2D eigenvalue weighted by Crippen LogP contribution is -2.22. The van der Waals surface area contributed by atoms with Crippen LogP contribution in [0.25, 0.3) is 0 Å². The molecule has 0 spiro atoms. The number of furan rings is 1. The molecule has 19 heavy (non-hydrogen) atoms. The Morgan fingerprint density at radius 1 is 1.37 bits per heavy atom. The molecule has 100 valence electrons. The predicted molar refractivity (Wildman–Crippen MR) is 74.9 cm³/mol. The van der Waals surface area contributed by atoms with E-state index in [1.165, 1.54) is 0 Å². The molecule has 2 aromatic rings. The molecule has 5 nitrogen and oxygen atoms in total. The number of nitrogens with one attached hydrogen (secondary N) is 2. The molecule has 5 heteroatoms. The first kappa shape index (κ1) is 13.0. The van der Waals surface area contributed by atoms with Crippen LogP contribution in [0.1, 0.15) is 23.0 Å². The van der Waals surface area contributed by atoms with E-state index in [1.54, 1.807) is 24.5 Å². The maximum atomic E-state index is 11.7. The standard InChI is InChI=1S/C14H17N3O2/c1-2-16-14(18)10-5-6-13(12(15)8-10)17-9-11-4-3-7-19-11/h3-8,17H,2,9,15H2,1H3,(H,16,18). The molecule has 0 saturated carbocycles. The largest absolute Gasteiger partial charge is 0.467 e. The summed E-state index contributed by atoms with van der Waals surface area (Å²) in [5.41, 5.74) is 7.80. The minimum absolute atomic E-state index is 0.119. The van der Waals surface area contributed by atoms with E-state index in [2.05, 4.69) is 10.6 Å². The molecular formula is C14H17N3O2. The Labute approximate surface area is 111 Å². The highest BCUT2D eigenvalue weighted by Crippen LogP contribution is 2.20. The monoisotopic (exact) mass is 259 g/mol. The second-order valence-electron chi connectivity index (χ2n) is 4.09. The van der Waals surface area contributed by atoms with Crippen molar-refractivity contribution in [2.45, 2.75) is 13.5 Å². The van der Waals surface area contributed by atoms with Gasteiger partial charge in [0.25, 0.3) is 5.91 Å². The minimum atomic E-state index is -0.119. The van der Waals surface area contributed by atoms with Gasteiger partial charge in [0.2, 0.25) is 0 Å². The number of hydrogen-bond acceptors (Lipinski definition) is 4. The van der Waals surface area contributed by atoms with Crippen molar-refractivity contribution in [3.05, 3.63) is 47.9 Å². The Bertz CT molecular complexity index is 550. The third-order valence-electron chi connectivity index (χ3n) is 2.68. The summed E-state index contributed by atoms with van der Waals surface area (Å²) in [5, 5.41) is 5.90. The number of amides is 1. The van der Waals surface area contributed by atoms with Crippen molar-refractivity contribution in [1.29, 1.82) is 0 Å². The summed E-state index contributed by atoms with van der Waals surface area (Å²) < 4.78 is 5.22. The lowest BCUT2D eigenvalue weighted by molar-refractivity contribution is 0.0956. The molecule has 0 unspecified atom stereocenters. The molecule has 1 amide bonds. The van der Waals surface area contributed by atoms with Crippen LogP contribution in [0.4, 0.5) is 11.4 Å². The summed E-state index contributed by atoms with van der Waals surface area (Å²) in [6, 6.07) is 8.91. The molecular weight excluding hydrogens is 242 g/mol. The lowest BCUT2D eigenvalue weighted by Gasteiger charge is -2.10. The second-order valence-corrected chi connectivity index (χ2v) is 4.09. The Morgan fingerprint density at radius 3 is 2.84 bits per heavy atom. The molecule has 0 radical (unpaired) electrons. The first-order chi connectivity index (χ1) is 9.20. The van der Waals surface area contributed by atoms with Crippen LogP contribution in [0.5, 0.6) is 0 Å². The second kappa shape index (κ2) is 5.95. The van der Waals surface area contributed by atoms with Crippen molar-refractivity contribution in [3.8, 4) is 0 Å². The molecule has 0 aliphatic rings. The van der Waals surface area contributed by atoms with Crippen LogP contribution in [-0.2, 0) is 6.54 Å². The van der Waals surface area contributed by atoms with Gasteiger partial charge in [0.05, 0.1) is 24.2 Å². The fourth-order valence-corrected chi connectivity index (χ4v) is 1.72. The minimum Gasteiger partial charge on any atom is -0.467 e. The van der Waals surface area contributed by atoms with Gasteiger partial charge in [-0.05, 0) is 37.3 Å². The van der Waals surface area contributed by atoms with E-state index < -0.39 is 0 Å². The topological polar surface area (TPSA) is 80.3 Å². The van der Waals surface area contributed by atoms with Crippen molar-refractivity contribution >= 4 is 17.3 Å². The molecule has 0 aliphatic carbocycles. The number of nitrogens with two attached hydrogens (primary N) is 1. The fourth-order valence-electron chi connectivity index (χ4n) is 1.72. The van der Waals surface area contributed by atoms with E-state index in [0.29, 0.717) is 24.3 Å². The molecule has 0 aliphatic heterocycles. The van der Waals surface area contributed by atoms with Crippen molar-refractivity contribution in [2.75, 3.05) is 17.6 Å². The third kappa shape index (κ3) is 3.28. The van der Waals surface area contributed by atoms with Crippen LogP contribution in [0.15, 0.2) is 41.0 Å². The van der Waals surface area contributed by atoms with Gasteiger partial charge in [-0.3, -0.25) is 4.79 Å². The number of benzene rings is 1. The summed E-state index contributed by atoms with van der Waals surface area (Å²) in [6.07, 6.45) is 1.62. The quantitative estimate of drug-likeness (QED) is 0.719. The molecule has 0 saturated heterocycles. The maximum absolute atomic E-state index is 11.7. The zero-order valence-electron chi connectivity index (χ0n) is 10.8. The molecule has 0 atom stereocenters. The number of nitrogen functional groups attached to an aromatic ring is 1. The lowest BCUT2D eigenvalue weighted by atomic mass is 10.1. The third-order valence-corrected chi connectivity index (χ3v) is 2.68. The van der Waals surface area contributed by atoms with Gasteiger partial charge in [-0.15, -0.1) is 0 Å². The average molecular weight is 259 g/mol. The molecule has 1 aromatic carbocycles. The van der Waals surface area contributed by atoms with Gasteiger partial charge in [-0.25, -0.2) is 0 Å². The van der Waals surface area contributed by atoms with Crippen molar-refractivity contribution in [1.82, 2.24) is 5.32 Å². The van der Waals surface area contributed by atoms with Gasteiger partial charge in [-0.1, -0.05) is 0 Å². The number of carbonyl (C=O) groups excluding carboxylic acids is 1. The first-order valence-corrected chi connectivity index (χ1v) is 6.14. The van der Waals surface area contributed by atoms with E-state index in [0.717, 1.165) is 11.4 Å². The van der Waals surface area contributed by atoms with Crippen LogP contribution >= 0.6 is 0 Å². The molecule has 2 rings (SSSR count). The summed E-state index contributed by atoms with van der Waals surface area (Å²) in [7, 11) is 0. The highest BCUT2D eigenvalue weighted by Gasteiger charge is 2.07. The predicted octanol–water partition coefficient (Wildman–Crippen LogP) is 2.22. The number of hydrogen-bond donors (Lipinski definition) is 3. The summed E-state index contributed by atoms with van der Waals surface area (Å²) >= 11 is 0. The van der Waals surface area contributed by atoms with Crippen molar-refractivity contribution in [3.63, 3.8) is 0 Å². The summed E-state index contributed by atoms with van der Waals surface area (Å²) in [4.78, 5) is 11.7. The normalized spacial score (nSPS) is 10.2. The molecule has 0 bridgehead atoms. The van der Waals surface area contributed by atoms with Gasteiger partial charge in [0.1, 0.15) is 5.76 Å². The summed E-state index contributed by atoms with van der Waals surface area (Å²) in [5.74, 6) is 0.707. The first-order valence-electron chi connectivity index (χ1n) is 6.14. The van der Waals surface area contributed by atoms with Crippen LogP contribution in [0, 0.1) is 0 Å². The van der Waals surface area contributed by atoms with E-state index in [1.807, 2.05) is 19.1 Å². The summed E-state index contributed by atoms with van der Waals surface area (Å²) in [6.45, 7) is 3.02. The van der Waals surface area contributed by atoms with Gasteiger partial charge in [0.15, 0.2) is 0 Å². The Morgan fingerprint density at radius 2 is 2.21 bits per heavy atom. The number of anilines is 2. The smallest absolute Gasteiger partial charge is 0.251 e. The molecule has 0 fully saturated rings. The van der Waals surface area contributed by atoms with E-state index in [4.69, 9.17) is 10.2 Å². The van der Waals surface area contributed by atoms with Crippen LogP contribution in [0.3, 0.4) is 0 Å². The van der Waals surface area contributed by atoms with Crippen molar-refractivity contribution in [2.24, 2.45) is 0 Å². The number of carbonyl (C=O) groups is 1. The van der Waals surface area contributed by atoms with Crippen LogP contribution in [-0.4, -0.2) is 12.5 Å². The maximum Gasteiger partial charge on any atom is 0.251 e. The van der Waals surface area contributed by atoms with Crippen LogP contribution in [0.2, 0.25) is 0 Å². The molecule has 1 aromatic heterocycles. The zero-order valence-corrected chi connectivity index (χ0v) is 10.8. The Balaban J connectivity index is 2.04.